The van der Waals surface area contributed by atoms with Crippen LogP contribution in [0, 0.1) is 19.8 Å². The van der Waals surface area contributed by atoms with Gasteiger partial charge in [-0.3, -0.25) is 9.59 Å². The third-order valence-electron chi connectivity index (χ3n) is 4.34. The van der Waals surface area contributed by atoms with Gasteiger partial charge in [-0.1, -0.05) is 19.9 Å². The standard InChI is InChI=1S/C19H25N3O4/c1-10(2)7-16(19(25)26)22-17(23)9-20-18(24)15-8-13-12(4)11(3)5-6-14(13)21-15/h5-6,8,10,16,21H,7,9H2,1-4H3,(H,20,24)(H,22,23)(H,25,26)/t16-/m0/s1. The minimum atomic E-state index is -1.08. The minimum absolute atomic E-state index is 0.129. The van der Waals surface area contributed by atoms with Crippen molar-refractivity contribution in [1.82, 2.24) is 15.6 Å². The molecule has 0 aliphatic heterocycles. The summed E-state index contributed by atoms with van der Waals surface area (Å²) in [6, 6.07) is 4.68. The molecule has 140 valence electrons. The number of aryl methyl sites for hydroxylation is 2. The number of carbonyl (C=O) groups is 3. The average molecular weight is 359 g/mol. The lowest BCUT2D eigenvalue weighted by Crippen LogP contribution is -2.46. The maximum absolute atomic E-state index is 12.3. The fourth-order valence-corrected chi connectivity index (χ4v) is 2.77. The van der Waals surface area contributed by atoms with Gasteiger partial charge in [0.1, 0.15) is 11.7 Å². The number of carbonyl (C=O) groups excluding carboxylic acids is 2. The highest BCUT2D eigenvalue weighted by Gasteiger charge is 2.21. The highest BCUT2D eigenvalue weighted by molar-refractivity contribution is 6.00. The van der Waals surface area contributed by atoms with Gasteiger partial charge in [0.2, 0.25) is 5.91 Å². The molecule has 1 atom stereocenters. The van der Waals surface area contributed by atoms with E-state index in [-0.39, 0.29) is 12.5 Å². The summed E-state index contributed by atoms with van der Waals surface area (Å²) in [6.45, 7) is 7.46. The number of H-pyrrole nitrogens is 1. The molecule has 0 unspecified atom stereocenters. The van der Waals surface area contributed by atoms with Crippen molar-refractivity contribution in [2.45, 2.75) is 40.2 Å². The quantitative estimate of drug-likeness (QED) is 0.607. The molecular formula is C19H25N3O4. The Morgan fingerprint density at radius 2 is 1.88 bits per heavy atom. The molecule has 1 heterocycles. The second kappa shape index (κ2) is 8.03. The Morgan fingerprint density at radius 3 is 2.50 bits per heavy atom. The molecule has 1 aromatic heterocycles. The van der Waals surface area contributed by atoms with Gasteiger partial charge >= 0.3 is 5.97 Å². The van der Waals surface area contributed by atoms with Crippen molar-refractivity contribution in [1.29, 1.82) is 0 Å². The highest BCUT2D eigenvalue weighted by Crippen LogP contribution is 2.22. The van der Waals surface area contributed by atoms with Crippen LogP contribution in [0.15, 0.2) is 18.2 Å². The molecule has 7 nitrogen and oxygen atoms in total. The third-order valence-corrected chi connectivity index (χ3v) is 4.34. The van der Waals surface area contributed by atoms with Crippen LogP contribution in [0.2, 0.25) is 0 Å². The SMILES string of the molecule is Cc1ccc2[nH]c(C(=O)NCC(=O)N[C@@H](CC(C)C)C(=O)O)cc2c1C. The van der Waals surface area contributed by atoms with Gasteiger partial charge in [0.25, 0.3) is 5.91 Å². The number of carboxylic acids is 1. The van der Waals surface area contributed by atoms with E-state index in [1.165, 1.54) is 0 Å². The maximum atomic E-state index is 12.3. The number of aromatic amines is 1. The van der Waals surface area contributed by atoms with Crippen molar-refractivity contribution in [2.75, 3.05) is 6.54 Å². The van der Waals surface area contributed by atoms with Gasteiger partial charge in [0, 0.05) is 10.9 Å². The van der Waals surface area contributed by atoms with Crippen LogP contribution in [0.5, 0.6) is 0 Å². The third kappa shape index (κ3) is 4.62. The Morgan fingerprint density at radius 1 is 1.19 bits per heavy atom. The van der Waals surface area contributed by atoms with E-state index in [2.05, 4.69) is 15.6 Å². The van der Waals surface area contributed by atoms with E-state index in [0.29, 0.717) is 12.1 Å². The zero-order valence-corrected chi connectivity index (χ0v) is 15.5. The van der Waals surface area contributed by atoms with E-state index in [9.17, 15) is 14.4 Å². The number of aromatic nitrogens is 1. The Balaban J connectivity index is 1.98. The fourth-order valence-electron chi connectivity index (χ4n) is 2.77. The van der Waals surface area contributed by atoms with Gasteiger partial charge in [0.15, 0.2) is 0 Å². The predicted molar refractivity (Wildman–Crippen MR) is 99.1 cm³/mol. The molecule has 7 heteroatoms. The Bertz CT molecular complexity index is 839. The molecule has 2 amide bonds. The van der Waals surface area contributed by atoms with Crippen LogP contribution in [-0.2, 0) is 9.59 Å². The van der Waals surface area contributed by atoms with Crippen LogP contribution in [0.3, 0.4) is 0 Å². The number of rotatable bonds is 7. The lowest BCUT2D eigenvalue weighted by molar-refractivity contribution is -0.142. The van der Waals surface area contributed by atoms with Crippen LogP contribution in [0.4, 0.5) is 0 Å². The zero-order chi connectivity index (χ0) is 19.4. The van der Waals surface area contributed by atoms with Gasteiger partial charge in [0.05, 0.1) is 6.54 Å². The molecule has 4 N–H and O–H groups in total. The van der Waals surface area contributed by atoms with E-state index in [4.69, 9.17) is 5.11 Å². The number of hydrogen-bond donors (Lipinski definition) is 4. The smallest absolute Gasteiger partial charge is 0.326 e. The summed E-state index contributed by atoms with van der Waals surface area (Å²) in [5.74, 6) is -1.90. The molecule has 0 spiro atoms. The topological polar surface area (TPSA) is 111 Å². The van der Waals surface area contributed by atoms with Crippen molar-refractivity contribution >= 4 is 28.7 Å². The first kappa shape index (κ1) is 19.5. The molecular weight excluding hydrogens is 334 g/mol. The van der Waals surface area contributed by atoms with Crippen molar-refractivity contribution < 1.29 is 19.5 Å². The van der Waals surface area contributed by atoms with Crippen molar-refractivity contribution in [3.05, 3.63) is 35.0 Å². The van der Waals surface area contributed by atoms with Crippen LogP contribution < -0.4 is 10.6 Å². The molecule has 26 heavy (non-hydrogen) atoms. The monoisotopic (exact) mass is 359 g/mol. The van der Waals surface area contributed by atoms with Gasteiger partial charge in [-0.25, -0.2) is 4.79 Å². The summed E-state index contributed by atoms with van der Waals surface area (Å²) >= 11 is 0. The van der Waals surface area contributed by atoms with Crippen LogP contribution in [-0.4, -0.2) is 40.5 Å². The van der Waals surface area contributed by atoms with Crippen LogP contribution in [0.1, 0.15) is 41.9 Å². The number of nitrogens with one attached hydrogen (secondary N) is 3. The van der Waals surface area contributed by atoms with Crippen LogP contribution in [0.25, 0.3) is 10.9 Å². The molecule has 2 rings (SSSR count). The number of fused-ring (bicyclic) bond motifs is 1. The van der Waals surface area contributed by atoms with Crippen LogP contribution >= 0.6 is 0 Å². The number of aliphatic carboxylic acids is 1. The molecule has 0 radical (unpaired) electrons. The lowest BCUT2D eigenvalue weighted by atomic mass is 10.0. The van der Waals surface area contributed by atoms with E-state index >= 15 is 0 Å². The summed E-state index contributed by atoms with van der Waals surface area (Å²) in [5, 5.41) is 15.1. The summed E-state index contributed by atoms with van der Waals surface area (Å²) < 4.78 is 0. The summed E-state index contributed by atoms with van der Waals surface area (Å²) in [7, 11) is 0. The molecule has 0 bridgehead atoms. The maximum Gasteiger partial charge on any atom is 0.326 e. The lowest BCUT2D eigenvalue weighted by Gasteiger charge is -2.16. The molecule has 0 saturated carbocycles. The molecule has 0 saturated heterocycles. The number of carboxylic acid groups (broad SMARTS) is 1. The molecule has 0 aliphatic carbocycles. The van der Waals surface area contributed by atoms with Crippen molar-refractivity contribution in [3.63, 3.8) is 0 Å². The van der Waals surface area contributed by atoms with E-state index in [1.807, 2.05) is 39.8 Å². The Labute approximate surface area is 152 Å². The first-order valence-electron chi connectivity index (χ1n) is 8.58. The molecule has 1 aromatic carbocycles. The second-order valence-corrected chi connectivity index (χ2v) is 6.92. The molecule has 0 aliphatic rings. The van der Waals surface area contributed by atoms with Crippen molar-refractivity contribution in [3.8, 4) is 0 Å². The van der Waals surface area contributed by atoms with Gasteiger partial charge < -0.3 is 20.7 Å². The average Bonchev–Trinajstić information content (AvgIpc) is 3.00. The largest absolute Gasteiger partial charge is 0.480 e. The first-order valence-corrected chi connectivity index (χ1v) is 8.58. The number of hydrogen-bond acceptors (Lipinski definition) is 3. The minimum Gasteiger partial charge on any atom is -0.480 e. The Kier molecular flexibility index (Phi) is 6.02. The van der Waals surface area contributed by atoms with E-state index in [0.717, 1.165) is 22.0 Å². The van der Waals surface area contributed by atoms with Gasteiger partial charge in [-0.15, -0.1) is 0 Å². The normalized spacial score (nSPS) is 12.2. The zero-order valence-electron chi connectivity index (χ0n) is 15.5. The van der Waals surface area contributed by atoms with Gasteiger partial charge in [-0.2, -0.15) is 0 Å². The molecule has 2 aromatic rings. The summed E-state index contributed by atoms with van der Waals surface area (Å²) in [4.78, 5) is 38.4. The summed E-state index contributed by atoms with van der Waals surface area (Å²) in [6.07, 6.45) is 0.329. The van der Waals surface area contributed by atoms with Gasteiger partial charge in [-0.05, 0) is 49.4 Å². The fraction of sp³-hybridized carbons (Fsp3) is 0.421. The van der Waals surface area contributed by atoms with Crippen molar-refractivity contribution in [2.24, 2.45) is 5.92 Å². The Hall–Kier alpha value is -2.83. The number of amides is 2. The van der Waals surface area contributed by atoms with E-state index < -0.39 is 23.8 Å². The summed E-state index contributed by atoms with van der Waals surface area (Å²) in [5.41, 5.74) is 3.44. The predicted octanol–water partition coefficient (Wildman–Crippen LogP) is 2.13. The number of benzene rings is 1. The van der Waals surface area contributed by atoms with E-state index in [1.54, 1.807) is 6.07 Å². The first-order chi connectivity index (χ1) is 12.2. The highest BCUT2D eigenvalue weighted by atomic mass is 16.4. The second-order valence-electron chi connectivity index (χ2n) is 6.92. The molecule has 0 fully saturated rings.